The van der Waals surface area contributed by atoms with Crippen molar-refractivity contribution in [2.75, 3.05) is 11.4 Å². The fourth-order valence-electron chi connectivity index (χ4n) is 3.13. The van der Waals surface area contributed by atoms with Crippen LogP contribution in [-0.2, 0) is 0 Å². The third kappa shape index (κ3) is 2.30. The monoisotopic (exact) mass is 255 g/mol. The Hall–Kier alpha value is -1.61. The van der Waals surface area contributed by atoms with Crippen LogP contribution < -0.4 is 10.6 Å². The summed E-state index contributed by atoms with van der Waals surface area (Å²) in [6, 6.07) is 11.1. The van der Waals surface area contributed by atoms with E-state index in [0.717, 1.165) is 12.1 Å². The van der Waals surface area contributed by atoms with Crippen LogP contribution in [-0.4, -0.2) is 23.6 Å². The highest BCUT2D eigenvalue weighted by atomic mass is 15.2. The molecule has 0 radical (unpaired) electrons. The average Bonchev–Trinajstić information content (AvgIpc) is 2.46. The lowest BCUT2D eigenvalue weighted by Gasteiger charge is -2.40. The maximum Gasteiger partial charge on any atom is 0.0722 e. The molecule has 1 fully saturated rings. The standard InChI is InChI=1S/C16H21N3/c1-12(17)15-8-4-5-11-19(15)16-9-10-18-14-7-3-2-6-13(14)16/h2-3,6-7,9-10,12,15H,4-5,8,11,17H2,1H3. The Morgan fingerprint density at radius 3 is 2.95 bits per heavy atom. The molecular weight excluding hydrogens is 234 g/mol. The zero-order chi connectivity index (χ0) is 13.2. The highest BCUT2D eigenvalue weighted by Crippen LogP contribution is 2.31. The molecule has 3 nitrogen and oxygen atoms in total. The quantitative estimate of drug-likeness (QED) is 0.897. The van der Waals surface area contributed by atoms with E-state index >= 15 is 0 Å². The second-order valence-electron chi connectivity index (χ2n) is 5.46. The van der Waals surface area contributed by atoms with Gasteiger partial charge in [0.15, 0.2) is 0 Å². The first-order chi connectivity index (χ1) is 9.27. The molecule has 0 bridgehead atoms. The highest BCUT2D eigenvalue weighted by molar-refractivity contribution is 5.91. The van der Waals surface area contributed by atoms with Crippen molar-refractivity contribution >= 4 is 16.6 Å². The van der Waals surface area contributed by atoms with E-state index < -0.39 is 0 Å². The van der Waals surface area contributed by atoms with Crippen molar-refractivity contribution in [2.45, 2.75) is 38.3 Å². The number of hydrogen-bond acceptors (Lipinski definition) is 3. The molecule has 100 valence electrons. The van der Waals surface area contributed by atoms with Gasteiger partial charge in [0.2, 0.25) is 0 Å². The lowest BCUT2D eigenvalue weighted by molar-refractivity contribution is 0.414. The zero-order valence-electron chi connectivity index (χ0n) is 11.4. The summed E-state index contributed by atoms with van der Waals surface area (Å²) >= 11 is 0. The first-order valence-corrected chi connectivity index (χ1v) is 7.13. The van der Waals surface area contributed by atoms with Gasteiger partial charge in [-0.25, -0.2) is 0 Å². The van der Waals surface area contributed by atoms with Gasteiger partial charge in [0.25, 0.3) is 0 Å². The number of pyridine rings is 1. The van der Waals surface area contributed by atoms with E-state index in [0.29, 0.717) is 6.04 Å². The van der Waals surface area contributed by atoms with Crippen molar-refractivity contribution in [3.8, 4) is 0 Å². The van der Waals surface area contributed by atoms with Gasteiger partial charge in [-0.2, -0.15) is 0 Å². The fraction of sp³-hybridized carbons (Fsp3) is 0.438. The third-order valence-electron chi connectivity index (χ3n) is 4.09. The van der Waals surface area contributed by atoms with Crippen LogP contribution in [0.2, 0.25) is 0 Å². The van der Waals surface area contributed by atoms with Gasteiger partial charge < -0.3 is 10.6 Å². The Morgan fingerprint density at radius 1 is 1.26 bits per heavy atom. The summed E-state index contributed by atoms with van der Waals surface area (Å²) in [4.78, 5) is 6.93. The Morgan fingerprint density at radius 2 is 2.11 bits per heavy atom. The number of fused-ring (bicyclic) bond motifs is 1. The number of anilines is 1. The molecule has 3 rings (SSSR count). The molecule has 1 aromatic carbocycles. The van der Waals surface area contributed by atoms with Gasteiger partial charge in [-0.15, -0.1) is 0 Å². The van der Waals surface area contributed by atoms with Gasteiger partial charge in [-0.3, -0.25) is 4.98 Å². The van der Waals surface area contributed by atoms with Crippen LogP contribution in [0.5, 0.6) is 0 Å². The molecule has 2 unspecified atom stereocenters. The lowest BCUT2D eigenvalue weighted by atomic mass is 9.95. The number of benzene rings is 1. The molecule has 1 aromatic heterocycles. The maximum absolute atomic E-state index is 6.18. The zero-order valence-corrected chi connectivity index (χ0v) is 11.4. The van der Waals surface area contributed by atoms with Crippen LogP contribution in [0.1, 0.15) is 26.2 Å². The molecule has 2 aromatic rings. The lowest BCUT2D eigenvalue weighted by Crippen LogP contribution is -2.49. The molecule has 2 N–H and O–H groups in total. The van der Waals surface area contributed by atoms with Crippen LogP contribution in [0.15, 0.2) is 36.5 Å². The van der Waals surface area contributed by atoms with Crippen LogP contribution in [0.3, 0.4) is 0 Å². The molecule has 0 spiro atoms. The molecule has 0 saturated carbocycles. The summed E-state index contributed by atoms with van der Waals surface area (Å²) in [6.07, 6.45) is 5.63. The Kier molecular flexibility index (Phi) is 3.38. The maximum atomic E-state index is 6.18. The average molecular weight is 255 g/mol. The summed E-state index contributed by atoms with van der Waals surface area (Å²) in [5.41, 5.74) is 8.53. The SMILES string of the molecule is CC(N)C1CCCCN1c1ccnc2ccccc12. The minimum Gasteiger partial charge on any atom is -0.366 e. The topological polar surface area (TPSA) is 42.1 Å². The number of para-hydroxylation sites is 1. The van der Waals surface area contributed by atoms with Gasteiger partial charge in [0.1, 0.15) is 0 Å². The van der Waals surface area contributed by atoms with Crippen molar-refractivity contribution in [3.05, 3.63) is 36.5 Å². The van der Waals surface area contributed by atoms with Crippen LogP contribution in [0.4, 0.5) is 5.69 Å². The van der Waals surface area contributed by atoms with Gasteiger partial charge in [0.05, 0.1) is 5.52 Å². The van der Waals surface area contributed by atoms with Crippen molar-refractivity contribution in [1.82, 2.24) is 4.98 Å². The smallest absolute Gasteiger partial charge is 0.0722 e. The number of rotatable bonds is 2. The molecule has 3 heteroatoms. The fourth-order valence-corrected chi connectivity index (χ4v) is 3.13. The minimum absolute atomic E-state index is 0.201. The largest absolute Gasteiger partial charge is 0.366 e. The van der Waals surface area contributed by atoms with E-state index in [4.69, 9.17) is 5.73 Å². The molecule has 2 atom stereocenters. The normalized spacial score (nSPS) is 21.6. The molecule has 1 saturated heterocycles. The van der Waals surface area contributed by atoms with Crippen LogP contribution in [0.25, 0.3) is 10.9 Å². The molecule has 0 aliphatic carbocycles. The van der Waals surface area contributed by atoms with Crippen LogP contribution >= 0.6 is 0 Å². The van der Waals surface area contributed by atoms with E-state index in [9.17, 15) is 0 Å². The summed E-state index contributed by atoms with van der Waals surface area (Å²) < 4.78 is 0. The number of nitrogens with two attached hydrogens (primary N) is 1. The first-order valence-electron chi connectivity index (χ1n) is 7.13. The van der Waals surface area contributed by atoms with E-state index in [1.54, 1.807) is 0 Å². The van der Waals surface area contributed by atoms with Gasteiger partial charge in [-0.05, 0) is 38.3 Å². The number of hydrogen-bond donors (Lipinski definition) is 1. The van der Waals surface area contributed by atoms with Gasteiger partial charge >= 0.3 is 0 Å². The molecular formula is C16H21N3. The number of aromatic nitrogens is 1. The van der Waals surface area contributed by atoms with E-state index in [1.807, 2.05) is 12.3 Å². The van der Waals surface area contributed by atoms with E-state index in [1.165, 1.54) is 30.3 Å². The predicted molar refractivity (Wildman–Crippen MR) is 80.4 cm³/mol. The second kappa shape index (κ2) is 5.17. The Bertz CT molecular complexity index is 559. The molecule has 1 aliphatic heterocycles. The predicted octanol–water partition coefficient (Wildman–Crippen LogP) is 2.94. The summed E-state index contributed by atoms with van der Waals surface area (Å²) in [6.45, 7) is 3.21. The minimum atomic E-state index is 0.201. The third-order valence-corrected chi connectivity index (χ3v) is 4.09. The number of nitrogens with zero attached hydrogens (tertiary/aromatic N) is 2. The molecule has 2 heterocycles. The second-order valence-corrected chi connectivity index (χ2v) is 5.46. The summed E-state index contributed by atoms with van der Waals surface area (Å²) in [5, 5.41) is 1.23. The van der Waals surface area contributed by atoms with E-state index in [2.05, 4.69) is 41.1 Å². The van der Waals surface area contributed by atoms with Crippen molar-refractivity contribution in [2.24, 2.45) is 5.73 Å². The van der Waals surface area contributed by atoms with Crippen LogP contribution in [0, 0.1) is 0 Å². The highest BCUT2D eigenvalue weighted by Gasteiger charge is 2.26. The van der Waals surface area contributed by atoms with Crippen molar-refractivity contribution in [1.29, 1.82) is 0 Å². The Balaban J connectivity index is 2.07. The summed E-state index contributed by atoms with van der Waals surface area (Å²) in [5.74, 6) is 0. The summed E-state index contributed by atoms with van der Waals surface area (Å²) in [7, 11) is 0. The molecule has 1 aliphatic rings. The van der Waals surface area contributed by atoms with E-state index in [-0.39, 0.29) is 6.04 Å². The first kappa shape index (κ1) is 12.4. The van der Waals surface area contributed by atoms with Crippen molar-refractivity contribution in [3.63, 3.8) is 0 Å². The van der Waals surface area contributed by atoms with Crippen molar-refractivity contribution < 1.29 is 0 Å². The van der Waals surface area contributed by atoms with Gasteiger partial charge in [0, 0.05) is 35.9 Å². The van der Waals surface area contributed by atoms with Gasteiger partial charge in [-0.1, -0.05) is 18.2 Å². The molecule has 19 heavy (non-hydrogen) atoms. The Labute approximate surface area is 114 Å². The number of piperidine rings is 1. The molecule has 0 amide bonds.